The number of aromatic nitrogens is 1. The van der Waals surface area contributed by atoms with E-state index in [1.165, 1.54) is 30.5 Å². The normalized spacial score (nSPS) is 14.3. The smallest absolute Gasteiger partial charge is 0.267 e. The molecule has 0 atom stereocenters. The van der Waals surface area contributed by atoms with Gasteiger partial charge in [-0.1, -0.05) is 12.1 Å². The monoisotopic (exact) mass is 433 g/mol. The van der Waals surface area contributed by atoms with E-state index in [0.29, 0.717) is 16.9 Å². The van der Waals surface area contributed by atoms with Crippen LogP contribution in [0.2, 0.25) is 0 Å². The molecule has 0 aliphatic carbocycles. The van der Waals surface area contributed by atoms with Gasteiger partial charge in [0.25, 0.3) is 11.8 Å². The van der Waals surface area contributed by atoms with Crippen molar-refractivity contribution >= 4 is 27.3 Å². The minimum absolute atomic E-state index is 0.0116. The van der Waals surface area contributed by atoms with Gasteiger partial charge in [0.2, 0.25) is 0 Å². The van der Waals surface area contributed by atoms with Gasteiger partial charge in [-0.25, -0.2) is 12.8 Å². The lowest BCUT2D eigenvalue weighted by atomic mass is 10.1. The van der Waals surface area contributed by atoms with Crippen LogP contribution in [0.1, 0.15) is 11.3 Å². The molecule has 1 aromatic carbocycles. The summed E-state index contributed by atoms with van der Waals surface area (Å²) < 4.78 is 36.3. The summed E-state index contributed by atoms with van der Waals surface area (Å²) >= 11 is 0. The van der Waals surface area contributed by atoms with E-state index < -0.39 is 38.8 Å². The Balaban J connectivity index is 1.88. The second-order valence-electron chi connectivity index (χ2n) is 6.86. The Hall–Kier alpha value is -3.27. The number of fused-ring (bicyclic) bond motifs is 1. The van der Waals surface area contributed by atoms with Crippen molar-refractivity contribution in [3.05, 3.63) is 71.0 Å². The molecule has 10 heteroatoms. The number of anilines is 1. The summed E-state index contributed by atoms with van der Waals surface area (Å²) in [4.78, 5) is 31.1. The van der Waals surface area contributed by atoms with Crippen LogP contribution in [-0.4, -0.2) is 48.9 Å². The van der Waals surface area contributed by atoms with Crippen molar-refractivity contribution in [2.75, 3.05) is 23.5 Å². The molecule has 0 bridgehead atoms. The van der Waals surface area contributed by atoms with Gasteiger partial charge in [-0.2, -0.15) is 0 Å². The molecule has 0 fully saturated rings. The zero-order valence-corrected chi connectivity index (χ0v) is 16.9. The van der Waals surface area contributed by atoms with E-state index in [1.54, 1.807) is 12.1 Å². The van der Waals surface area contributed by atoms with Gasteiger partial charge < -0.3 is 15.3 Å². The molecule has 8 nitrogen and oxygen atoms in total. The molecule has 1 aliphatic heterocycles. The van der Waals surface area contributed by atoms with Crippen LogP contribution in [0.25, 0.3) is 0 Å². The number of hydrogen-bond donors (Lipinski definition) is 2. The number of pyridine rings is 1. The Morgan fingerprint density at radius 3 is 2.63 bits per heavy atom. The number of carbonyl (C=O) groups is 2. The summed E-state index contributed by atoms with van der Waals surface area (Å²) in [7, 11) is -3.39. The predicted octanol–water partition coefficient (Wildman–Crippen LogP) is 1.28. The molecule has 2 N–H and O–H groups in total. The van der Waals surface area contributed by atoms with Crippen LogP contribution < -0.4 is 10.2 Å². The quantitative estimate of drug-likeness (QED) is 0.663. The first-order chi connectivity index (χ1) is 14.2. The number of allylic oxidation sites excluding steroid dienone is 1. The summed E-state index contributed by atoms with van der Waals surface area (Å²) in [6.07, 6.45) is 2.37. The molecule has 1 aliphatic rings. The van der Waals surface area contributed by atoms with Crippen LogP contribution in [0, 0.1) is 5.82 Å². The van der Waals surface area contributed by atoms with Crippen LogP contribution in [0.5, 0.6) is 0 Å². The van der Waals surface area contributed by atoms with Gasteiger partial charge in [-0.05, 0) is 29.8 Å². The number of halogens is 1. The molecule has 1 aromatic heterocycles. The molecule has 2 amide bonds. The standard InChI is InChI=1S/C20H20FN3O5S/c1-30(28,29)10-9-24-16-3-2-8-22-15(16)11-17(25)18(20(24)27)19(26)23-12-13-4-6-14(21)7-5-13/h2-8,25H,9-12H2,1H3,(H,23,26). The highest BCUT2D eigenvalue weighted by Crippen LogP contribution is 2.27. The fraction of sp³-hybridized carbons (Fsp3) is 0.250. The second kappa shape index (κ2) is 8.62. The van der Waals surface area contributed by atoms with Crippen LogP contribution >= 0.6 is 0 Å². The van der Waals surface area contributed by atoms with Crippen LogP contribution in [0.4, 0.5) is 10.1 Å². The van der Waals surface area contributed by atoms with Gasteiger partial charge in [-0.15, -0.1) is 0 Å². The third-order valence-electron chi connectivity index (χ3n) is 4.52. The maximum absolute atomic E-state index is 13.1. The lowest BCUT2D eigenvalue weighted by molar-refractivity contribution is -0.122. The zero-order chi connectivity index (χ0) is 21.9. The summed E-state index contributed by atoms with van der Waals surface area (Å²) in [5, 5.41) is 13.0. The number of carbonyl (C=O) groups excluding carboxylic acids is 2. The molecule has 0 unspecified atom stereocenters. The van der Waals surface area contributed by atoms with Crippen LogP contribution in [0.15, 0.2) is 53.9 Å². The lowest BCUT2D eigenvalue weighted by Gasteiger charge is -2.23. The summed E-state index contributed by atoms with van der Waals surface area (Å²) in [5.74, 6) is -2.84. The van der Waals surface area contributed by atoms with Crippen molar-refractivity contribution in [3.63, 3.8) is 0 Å². The number of nitrogens with zero attached hydrogens (tertiary/aromatic N) is 2. The van der Waals surface area contributed by atoms with Gasteiger partial charge in [0.1, 0.15) is 27.0 Å². The number of sulfone groups is 1. The van der Waals surface area contributed by atoms with Crippen molar-refractivity contribution in [3.8, 4) is 0 Å². The minimum atomic E-state index is -3.39. The maximum Gasteiger partial charge on any atom is 0.267 e. The number of rotatable bonds is 6. The summed E-state index contributed by atoms with van der Waals surface area (Å²) in [6.45, 7) is -0.184. The fourth-order valence-corrected chi connectivity index (χ4v) is 3.52. The van der Waals surface area contributed by atoms with E-state index in [9.17, 15) is 27.5 Å². The van der Waals surface area contributed by atoms with Crippen LogP contribution in [-0.2, 0) is 32.4 Å². The van der Waals surface area contributed by atoms with Crippen LogP contribution in [0.3, 0.4) is 0 Å². The van der Waals surface area contributed by atoms with Gasteiger partial charge in [0, 0.05) is 25.5 Å². The molecule has 0 spiro atoms. The number of benzene rings is 1. The Morgan fingerprint density at radius 2 is 1.97 bits per heavy atom. The van der Waals surface area contributed by atoms with Crippen molar-refractivity contribution in [2.24, 2.45) is 0 Å². The van der Waals surface area contributed by atoms with Gasteiger partial charge in [0.15, 0.2) is 0 Å². The van der Waals surface area contributed by atoms with E-state index in [1.807, 2.05) is 0 Å². The number of nitrogens with one attached hydrogen (secondary N) is 1. The van der Waals surface area contributed by atoms with E-state index in [4.69, 9.17) is 0 Å². The second-order valence-corrected chi connectivity index (χ2v) is 9.12. The first kappa shape index (κ1) is 21.4. The molecule has 2 heterocycles. The first-order valence-corrected chi connectivity index (χ1v) is 11.1. The van der Waals surface area contributed by atoms with Gasteiger partial charge >= 0.3 is 0 Å². The van der Waals surface area contributed by atoms with Crippen molar-refractivity contribution in [1.29, 1.82) is 0 Å². The van der Waals surface area contributed by atoms with Gasteiger partial charge in [0.05, 0.1) is 23.6 Å². The summed E-state index contributed by atoms with van der Waals surface area (Å²) in [6, 6.07) is 8.60. The first-order valence-electron chi connectivity index (χ1n) is 9.04. The average molecular weight is 433 g/mol. The van der Waals surface area contributed by atoms with E-state index in [2.05, 4.69) is 10.3 Å². The lowest BCUT2D eigenvalue weighted by Crippen LogP contribution is -2.40. The molecule has 0 saturated heterocycles. The molecule has 3 rings (SSSR count). The fourth-order valence-electron chi connectivity index (χ4n) is 3.01. The molecular weight excluding hydrogens is 413 g/mol. The molecule has 158 valence electrons. The third-order valence-corrected chi connectivity index (χ3v) is 5.44. The topological polar surface area (TPSA) is 117 Å². The highest BCUT2D eigenvalue weighted by atomic mass is 32.2. The molecule has 0 saturated carbocycles. The van der Waals surface area contributed by atoms with E-state index >= 15 is 0 Å². The maximum atomic E-state index is 13.1. The number of aliphatic hydroxyl groups is 1. The molecule has 0 radical (unpaired) electrons. The number of amides is 2. The average Bonchev–Trinajstić information content (AvgIpc) is 2.78. The Labute approximate surface area is 173 Å². The van der Waals surface area contributed by atoms with E-state index in [-0.39, 0.29) is 25.3 Å². The Morgan fingerprint density at radius 1 is 1.27 bits per heavy atom. The van der Waals surface area contributed by atoms with Crippen molar-refractivity contribution in [1.82, 2.24) is 10.3 Å². The largest absolute Gasteiger partial charge is 0.511 e. The van der Waals surface area contributed by atoms with E-state index in [0.717, 1.165) is 11.2 Å². The SMILES string of the molecule is CS(=O)(=O)CCN1C(=O)C(C(=O)NCc2ccc(F)cc2)=C(O)Cc2ncccc21. The third kappa shape index (κ3) is 5.01. The summed E-state index contributed by atoms with van der Waals surface area (Å²) in [5.41, 5.74) is 0.797. The minimum Gasteiger partial charge on any atom is -0.511 e. The number of aliphatic hydroxyl groups excluding tert-OH is 1. The van der Waals surface area contributed by atoms with Crippen molar-refractivity contribution < 1.29 is 27.5 Å². The molecule has 30 heavy (non-hydrogen) atoms. The Bertz CT molecular complexity index is 1110. The van der Waals surface area contributed by atoms with Gasteiger partial charge in [-0.3, -0.25) is 14.6 Å². The highest BCUT2D eigenvalue weighted by molar-refractivity contribution is 7.90. The molecule has 2 aromatic rings. The number of hydrogen-bond acceptors (Lipinski definition) is 6. The highest BCUT2D eigenvalue weighted by Gasteiger charge is 2.33. The van der Waals surface area contributed by atoms with Crippen molar-refractivity contribution in [2.45, 2.75) is 13.0 Å². The zero-order valence-electron chi connectivity index (χ0n) is 16.1. The molecular formula is C20H20FN3O5S. The Kier molecular flexibility index (Phi) is 6.16. The predicted molar refractivity (Wildman–Crippen MR) is 108 cm³/mol.